The highest BCUT2D eigenvalue weighted by Crippen LogP contribution is 2.23. The van der Waals surface area contributed by atoms with Crippen molar-refractivity contribution in [3.8, 4) is 0 Å². The molecule has 0 saturated carbocycles. The minimum atomic E-state index is -0.172. The van der Waals surface area contributed by atoms with E-state index in [4.69, 9.17) is 11.6 Å². The van der Waals surface area contributed by atoms with Gasteiger partial charge in [0.2, 0.25) is 5.91 Å². The topological polar surface area (TPSA) is 29.1 Å². The number of rotatable bonds is 3. The summed E-state index contributed by atoms with van der Waals surface area (Å²) in [5.74, 6) is -0.0648. The Morgan fingerprint density at radius 2 is 2.27 bits per heavy atom. The maximum atomic E-state index is 11.6. The number of anilines is 1. The molecule has 0 heterocycles. The van der Waals surface area contributed by atoms with Crippen LogP contribution in [0.3, 0.4) is 0 Å². The predicted molar refractivity (Wildman–Crippen MR) is 67.8 cm³/mol. The molecule has 1 aromatic carbocycles. The summed E-state index contributed by atoms with van der Waals surface area (Å²) in [5, 5.41) is 3.34. The van der Waals surface area contributed by atoms with E-state index in [1.54, 1.807) is 6.07 Å². The minimum Gasteiger partial charge on any atom is -0.324 e. The van der Waals surface area contributed by atoms with Crippen LogP contribution >= 0.6 is 27.5 Å². The Kier molecular flexibility index (Phi) is 4.61. The number of carbonyl (C=O) groups is 1. The highest BCUT2D eigenvalue weighted by Gasteiger charge is 2.13. The third kappa shape index (κ3) is 3.50. The molecule has 1 amide bonds. The standard InChI is InChI=1S/C11H13BrClNO/c1-3-8(12)11(15)14-10-6-7(2)4-5-9(10)13/h4-6,8H,3H2,1-2H3,(H,14,15). The first kappa shape index (κ1) is 12.5. The molecule has 82 valence electrons. The number of halogens is 2. The van der Waals surface area contributed by atoms with Crippen molar-refractivity contribution in [3.63, 3.8) is 0 Å². The average Bonchev–Trinajstić information content (AvgIpc) is 2.22. The Hall–Kier alpha value is -0.540. The van der Waals surface area contributed by atoms with Crippen molar-refractivity contribution >= 4 is 39.1 Å². The minimum absolute atomic E-state index is 0.0648. The van der Waals surface area contributed by atoms with Crippen molar-refractivity contribution in [1.29, 1.82) is 0 Å². The molecule has 1 atom stereocenters. The predicted octanol–water partition coefficient (Wildman–Crippen LogP) is 3.76. The van der Waals surface area contributed by atoms with Crippen LogP contribution in [0.1, 0.15) is 18.9 Å². The number of aryl methyl sites for hydroxylation is 1. The monoisotopic (exact) mass is 289 g/mol. The van der Waals surface area contributed by atoms with Crippen molar-refractivity contribution in [2.45, 2.75) is 25.1 Å². The molecule has 0 aliphatic heterocycles. The molecular weight excluding hydrogens is 277 g/mol. The molecule has 1 rings (SSSR count). The fraction of sp³-hybridized carbons (Fsp3) is 0.364. The summed E-state index contributed by atoms with van der Waals surface area (Å²) in [5.41, 5.74) is 1.73. The van der Waals surface area contributed by atoms with Gasteiger partial charge in [0.1, 0.15) is 0 Å². The molecular formula is C11H13BrClNO. The number of amides is 1. The maximum Gasteiger partial charge on any atom is 0.238 e. The van der Waals surface area contributed by atoms with Crippen molar-refractivity contribution in [3.05, 3.63) is 28.8 Å². The van der Waals surface area contributed by atoms with Crippen LogP contribution in [0.15, 0.2) is 18.2 Å². The van der Waals surface area contributed by atoms with Crippen LogP contribution in [0.25, 0.3) is 0 Å². The molecule has 0 radical (unpaired) electrons. The van der Waals surface area contributed by atoms with Crippen LogP contribution < -0.4 is 5.32 Å². The maximum absolute atomic E-state index is 11.6. The molecule has 0 fully saturated rings. The summed E-state index contributed by atoms with van der Waals surface area (Å²) in [6.45, 7) is 3.90. The van der Waals surface area contributed by atoms with Gasteiger partial charge in [0, 0.05) is 0 Å². The van der Waals surface area contributed by atoms with Gasteiger partial charge in [-0.15, -0.1) is 0 Å². The van der Waals surface area contributed by atoms with Crippen molar-refractivity contribution in [2.24, 2.45) is 0 Å². The van der Waals surface area contributed by atoms with Crippen LogP contribution in [0.2, 0.25) is 5.02 Å². The zero-order valence-corrected chi connectivity index (χ0v) is 11.0. The SMILES string of the molecule is CCC(Br)C(=O)Nc1cc(C)ccc1Cl. The molecule has 0 saturated heterocycles. The van der Waals surface area contributed by atoms with Crippen molar-refractivity contribution < 1.29 is 4.79 Å². The lowest BCUT2D eigenvalue weighted by Gasteiger charge is -2.10. The Balaban J connectivity index is 2.80. The van der Waals surface area contributed by atoms with Gasteiger partial charge < -0.3 is 5.32 Å². The molecule has 15 heavy (non-hydrogen) atoms. The molecule has 1 N–H and O–H groups in total. The number of hydrogen-bond donors (Lipinski definition) is 1. The summed E-state index contributed by atoms with van der Waals surface area (Å²) in [6, 6.07) is 5.54. The van der Waals surface area contributed by atoms with Crippen LogP contribution in [-0.2, 0) is 4.79 Å². The number of alkyl halides is 1. The molecule has 0 aliphatic carbocycles. The number of benzene rings is 1. The molecule has 0 spiro atoms. The lowest BCUT2D eigenvalue weighted by atomic mass is 10.2. The largest absolute Gasteiger partial charge is 0.324 e. The first-order valence-corrected chi connectivity index (χ1v) is 6.05. The van der Waals surface area contributed by atoms with E-state index in [-0.39, 0.29) is 10.7 Å². The highest BCUT2D eigenvalue weighted by molar-refractivity contribution is 9.10. The Bertz CT molecular complexity index is 368. The van der Waals surface area contributed by atoms with Gasteiger partial charge in [0.05, 0.1) is 15.5 Å². The second-order valence-corrected chi connectivity index (χ2v) is 4.86. The molecule has 1 aromatic rings. The van der Waals surface area contributed by atoms with Crippen LogP contribution in [0.4, 0.5) is 5.69 Å². The summed E-state index contributed by atoms with van der Waals surface area (Å²) in [7, 11) is 0. The normalized spacial score (nSPS) is 12.3. The van der Waals surface area contributed by atoms with Crippen LogP contribution in [-0.4, -0.2) is 10.7 Å². The first-order chi connectivity index (χ1) is 7.04. The van der Waals surface area contributed by atoms with Gasteiger partial charge in [0.15, 0.2) is 0 Å². The number of hydrogen-bond acceptors (Lipinski definition) is 1. The summed E-state index contributed by atoms with van der Waals surface area (Å²) in [6.07, 6.45) is 0.745. The van der Waals surface area contributed by atoms with Crippen LogP contribution in [0, 0.1) is 6.92 Å². The highest BCUT2D eigenvalue weighted by atomic mass is 79.9. The lowest BCUT2D eigenvalue weighted by Crippen LogP contribution is -2.22. The fourth-order valence-electron chi connectivity index (χ4n) is 1.13. The Labute approximate surface area is 103 Å². The second kappa shape index (κ2) is 5.52. The van der Waals surface area contributed by atoms with E-state index in [0.29, 0.717) is 10.7 Å². The van der Waals surface area contributed by atoms with E-state index in [0.717, 1.165) is 12.0 Å². The Morgan fingerprint density at radius 1 is 1.60 bits per heavy atom. The van der Waals surface area contributed by atoms with E-state index in [1.807, 2.05) is 26.0 Å². The van der Waals surface area contributed by atoms with Crippen molar-refractivity contribution in [1.82, 2.24) is 0 Å². The lowest BCUT2D eigenvalue weighted by molar-refractivity contribution is -0.115. The third-order valence-corrected chi connectivity index (χ3v) is 3.42. The zero-order valence-electron chi connectivity index (χ0n) is 8.68. The zero-order chi connectivity index (χ0) is 11.4. The van der Waals surface area contributed by atoms with E-state index >= 15 is 0 Å². The van der Waals surface area contributed by atoms with Gasteiger partial charge in [-0.2, -0.15) is 0 Å². The van der Waals surface area contributed by atoms with Gasteiger partial charge in [-0.25, -0.2) is 0 Å². The van der Waals surface area contributed by atoms with Crippen LogP contribution in [0.5, 0.6) is 0 Å². The van der Waals surface area contributed by atoms with E-state index < -0.39 is 0 Å². The number of carbonyl (C=O) groups excluding carboxylic acids is 1. The second-order valence-electron chi connectivity index (χ2n) is 3.35. The first-order valence-electron chi connectivity index (χ1n) is 4.75. The summed E-state index contributed by atoms with van der Waals surface area (Å²) < 4.78 is 0. The molecule has 0 bridgehead atoms. The van der Waals surface area contributed by atoms with Gasteiger partial charge in [-0.3, -0.25) is 4.79 Å². The van der Waals surface area contributed by atoms with E-state index in [2.05, 4.69) is 21.2 Å². The smallest absolute Gasteiger partial charge is 0.238 e. The molecule has 4 heteroatoms. The Morgan fingerprint density at radius 3 is 2.87 bits per heavy atom. The third-order valence-electron chi connectivity index (χ3n) is 2.02. The quantitative estimate of drug-likeness (QED) is 0.844. The van der Waals surface area contributed by atoms with E-state index in [1.165, 1.54) is 0 Å². The molecule has 1 unspecified atom stereocenters. The average molecular weight is 291 g/mol. The fourth-order valence-corrected chi connectivity index (χ4v) is 1.41. The molecule has 0 aliphatic rings. The number of nitrogens with one attached hydrogen (secondary N) is 1. The van der Waals surface area contributed by atoms with Gasteiger partial charge in [-0.1, -0.05) is 40.5 Å². The van der Waals surface area contributed by atoms with Gasteiger partial charge in [-0.05, 0) is 31.0 Å². The van der Waals surface area contributed by atoms with Gasteiger partial charge in [0.25, 0.3) is 0 Å². The summed E-state index contributed by atoms with van der Waals surface area (Å²) in [4.78, 5) is 11.4. The van der Waals surface area contributed by atoms with Gasteiger partial charge >= 0.3 is 0 Å². The molecule has 2 nitrogen and oxygen atoms in total. The summed E-state index contributed by atoms with van der Waals surface area (Å²) >= 11 is 9.25. The molecule has 0 aromatic heterocycles. The van der Waals surface area contributed by atoms with Crippen molar-refractivity contribution in [2.75, 3.05) is 5.32 Å². The van der Waals surface area contributed by atoms with E-state index in [9.17, 15) is 4.79 Å².